The lowest BCUT2D eigenvalue weighted by Gasteiger charge is -2.12. The van der Waals surface area contributed by atoms with Crippen LogP contribution in [0.3, 0.4) is 0 Å². The number of nitrogens with one attached hydrogen (secondary N) is 1. The first-order valence-electron chi connectivity index (χ1n) is 12.9. The minimum absolute atomic E-state index is 0.149. The van der Waals surface area contributed by atoms with Crippen molar-refractivity contribution in [1.82, 2.24) is 23.8 Å². The van der Waals surface area contributed by atoms with Gasteiger partial charge in [-0.15, -0.1) is 6.58 Å². The molecule has 0 amide bonds. The van der Waals surface area contributed by atoms with Crippen LogP contribution >= 0.6 is 0 Å². The van der Waals surface area contributed by atoms with Gasteiger partial charge in [0.2, 0.25) is 0 Å². The molecule has 0 saturated carbocycles. The van der Waals surface area contributed by atoms with Crippen LogP contribution in [0.15, 0.2) is 106 Å². The molecule has 0 radical (unpaired) electrons. The predicted octanol–water partition coefficient (Wildman–Crippen LogP) is 3.45. The Balaban J connectivity index is 1.57. The topological polar surface area (TPSA) is 115 Å². The zero-order valence-corrected chi connectivity index (χ0v) is 22.8. The Hall–Kier alpha value is -4.96. The lowest BCUT2D eigenvalue weighted by molar-refractivity contribution is 0.400. The quantitative estimate of drug-likeness (QED) is 0.211. The van der Waals surface area contributed by atoms with Crippen LogP contribution in [-0.4, -0.2) is 50.7 Å². The molecule has 0 saturated heterocycles. The van der Waals surface area contributed by atoms with E-state index in [4.69, 9.17) is 5.73 Å². The van der Waals surface area contributed by atoms with E-state index in [1.54, 1.807) is 42.6 Å². The third-order valence-corrected chi connectivity index (χ3v) is 6.18. The fourth-order valence-corrected chi connectivity index (χ4v) is 4.22. The van der Waals surface area contributed by atoms with E-state index in [1.807, 2.05) is 12.1 Å². The van der Waals surface area contributed by atoms with Crippen LogP contribution in [0.25, 0.3) is 11.6 Å². The van der Waals surface area contributed by atoms with Crippen LogP contribution in [0.1, 0.15) is 17.5 Å². The van der Waals surface area contributed by atoms with Crippen molar-refractivity contribution in [2.45, 2.75) is 19.4 Å². The van der Waals surface area contributed by atoms with Crippen molar-refractivity contribution in [3.8, 4) is 11.6 Å². The summed E-state index contributed by atoms with van der Waals surface area (Å²) in [4.78, 5) is 36.7. The SMILES string of the molecule is C=CCn1c(=O)c(/C=N\C(=C)Nc2ccc(CCCN(C)C)cc2)c(N)n1-c1cccc(-n2ccccc2=O)n1. The van der Waals surface area contributed by atoms with Crippen molar-refractivity contribution in [2.24, 2.45) is 4.99 Å². The monoisotopic (exact) mass is 538 g/mol. The second-order valence-corrected chi connectivity index (χ2v) is 9.48. The fourth-order valence-electron chi connectivity index (χ4n) is 4.22. The maximum absolute atomic E-state index is 13.3. The Kier molecular flexibility index (Phi) is 8.93. The summed E-state index contributed by atoms with van der Waals surface area (Å²) in [7, 11) is 4.14. The molecule has 3 aromatic heterocycles. The first-order valence-corrected chi connectivity index (χ1v) is 12.9. The lowest BCUT2D eigenvalue weighted by Crippen LogP contribution is -2.24. The molecule has 0 spiro atoms. The number of nitrogens with zero attached hydrogens (tertiary/aromatic N) is 6. The third kappa shape index (κ3) is 6.54. The molecule has 0 unspecified atom stereocenters. The molecule has 0 aliphatic carbocycles. The van der Waals surface area contributed by atoms with Crippen LogP contribution in [0, 0.1) is 0 Å². The number of hydrogen-bond donors (Lipinski definition) is 2. The van der Waals surface area contributed by atoms with E-state index in [-0.39, 0.29) is 29.0 Å². The van der Waals surface area contributed by atoms with Gasteiger partial charge in [0.15, 0.2) is 5.82 Å². The first kappa shape index (κ1) is 28.1. The van der Waals surface area contributed by atoms with E-state index in [0.29, 0.717) is 17.5 Å². The zero-order valence-electron chi connectivity index (χ0n) is 22.8. The third-order valence-electron chi connectivity index (χ3n) is 6.18. The van der Waals surface area contributed by atoms with Gasteiger partial charge in [0.1, 0.15) is 23.0 Å². The van der Waals surface area contributed by atoms with E-state index < -0.39 is 0 Å². The first-order chi connectivity index (χ1) is 19.3. The van der Waals surface area contributed by atoms with Crippen LogP contribution in [0.2, 0.25) is 0 Å². The average Bonchev–Trinajstić information content (AvgIpc) is 3.17. The second-order valence-electron chi connectivity index (χ2n) is 9.48. The van der Waals surface area contributed by atoms with Gasteiger partial charge in [-0.05, 0) is 69.4 Å². The summed E-state index contributed by atoms with van der Waals surface area (Å²) in [6, 6.07) is 18.1. The molecular weight excluding hydrogens is 504 g/mol. The molecule has 40 heavy (non-hydrogen) atoms. The molecule has 3 N–H and O–H groups in total. The number of nitrogens with two attached hydrogens (primary N) is 1. The van der Waals surface area contributed by atoms with Crippen molar-refractivity contribution in [3.63, 3.8) is 0 Å². The molecule has 0 aliphatic heterocycles. The Bertz CT molecular complexity index is 1640. The van der Waals surface area contributed by atoms with Crippen molar-refractivity contribution < 1.29 is 0 Å². The van der Waals surface area contributed by atoms with E-state index in [2.05, 4.69) is 59.6 Å². The van der Waals surface area contributed by atoms with Gasteiger partial charge in [-0.25, -0.2) is 19.3 Å². The summed E-state index contributed by atoms with van der Waals surface area (Å²) in [5.74, 6) is 1.26. The minimum atomic E-state index is -0.361. The van der Waals surface area contributed by atoms with E-state index in [9.17, 15) is 9.59 Å². The Morgan fingerprint density at radius 2 is 1.82 bits per heavy atom. The number of allylic oxidation sites excluding steroid dienone is 1. The smallest absolute Gasteiger partial charge is 0.278 e. The highest BCUT2D eigenvalue weighted by atomic mass is 16.1. The Morgan fingerprint density at radius 3 is 2.52 bits per heavy atom. The molecule has 0 atom stereocenters. The number of anilines is 2. The molecule has 206 valence electrons. The molecule has 3 heterocycles. The highest BCUT2D eigenvalue weighted by Gasteiger charge is 2.18. The number of benzene rings is 1. The van der Waals surface area contributed by atoms with E-state index >= 15 is 0 Å². The summed E-state index contributed by atoms with van der Waals surface area (Å²) in [6.07, 6.45) is 6.70. The molecule has 4 rings (SSSR count). The van der Waals surface area contributed by atoms with Gasteiger partial charge in [0.05, 0.1) is 6.54 Å². The summed E-state index contributed by atoms with van der Waals surface area (Å²) in [5.41, 5.74) is 8.15. The van der Waals surface area contributed by atoms with Gasteiger partial charge in [-0.1, -0.05) is 36.9 Å². The highest BCUT2D eigenvalue weighted by molar-refractivity contribution is 5.86. The number of aryl methyl sites for hydroxylation is 1. The van der Waals surface area contributed by atoms with Gasteiger partial charge in [-0.2, -0.15) is 0 Å². The largest absolute Gasteiger partial charge is 0.383 e. The van der Waals surface area contributed by atoms with Gasteiger partial charge in [0.25, 0.3) is 11.1 Å². The lowest BCUT2D eigenvalue weighted by atomic mass is 10.1. The number of aliphatic imine (C=N–C) groups is 1. The normalized spacial score (nSPS) is 11.3. The minimum Gasteiger partial charge on any atom is -0.383 e. The highest BCUT2D eigenvalue weighted by Crippen LogP contribution is 2.17. The van der Waals surface area contributed by atoms with E-state index in [0.717, 1.165) is 25.1 Å². The summed E-state index contributed by atoms with van der Waals surface area (Å²) in [6.45, 7) is 8.95. The number of aromatic nitrogens is 4. The second kappa shape index (κ2) is 12.7. The van der Waals surface area contributed by atoms with Crippen molar-refractivity contribution in [3.05, 3.63) is 124 Å². The zero-order chi connectivity index (χ0) is 28.6. The van der Waals surface area contributed by atoms with Crippen LogP contribution < -0.4 is 22.2 Å². The number of hydrogen-bond acceptors (Lipinski definition) is 7. The van der Waals surface area contributed by atoms with Crippen LogP contribution in [-0.2, 0) is 13.0 Å². The molecule has 0 fully saturated rings. The standard InChI is InChI=1S/C30H34N8O2/c1-5-18-37-30(40)25(21-32-22(2)33-24-16-14-23(15-17-24)10-9-19-35(3)4)29(31)38(37)27-12-8-11-26(34-27)36-20-7-6-13-28(36)39/h5-8,11-17,20-21,33H,1-2,9-10,18-19,31H2,3-4H3/b32-21-. The number of rotatable bonds is 12. The number of nitrogen functional groups attached to an aromatic ring is 1. The van der Waals surface area contributed by atoms with Crippen LogP contribution in [0.5, 0.6) is 0 Å². The summed E-state index contributed by atoms with van der Waals surface area (Å²) >= 11 is 0. The number of pyridine rings is 2. The maximum Gasteiger partial charge on any atom is 0.278 e. The molecule has 10 nitrogen and oxygen atoms in total. The fraction of sp³-hybridized carbons (Fsp3) is 0.200. The van der Waals surface area contributed by atoms with Crippen LogP contribution in [0.4, 0.5) is 11.5 Å². The summed E-state index contributed by atoms with van der Waals surface area (Å²) in [5, 5.41) is 3.14. The van der Waals surface area contributed by atoms with Gasteiger partial charge >= 0.3 is 0 Å². The maximum atomic E-state index is 13.3. The molecule has 4 aromatic rings. The molecular formula is C30H34N8O2. The average molecular weight is 539 g/mol. The van der Waals surface area contributed by atoms with Gasteiger partial charge in [-0.3, -0.25) is 14.2 Å². The molecule has 1 aromatic carbocycles. The Labute approximate surface area is 233 Å². The molecule has 0 bridgehead atoms. The molecule has 0 aliphatic rings. The van der Waals surface area contributed by atoms with Gasteiger partial charge < -0.3 is 16.0 Å². The Morgan fingerprint density at radius 1 is 1.07 bits per heavy atom. The molecule has 10 heteroatoms. The van der Waals surface area contributed by atoms with Gasteiger partial charge in [0, 0.05) is 24.2 Å². The van der Waals surface area contributed by atoms with E-state index in [1.165, 1.54) is 31.8 Å². The van der Waals surface area contributed by atoms with Crippen molar-refractivity contribution in [2.75, 3.05) is 31.7 Å². The predicted molar refractivity (Wildman–Crippen MR) is 162 cm³/mol. The summed E-state index contributed by atoms with van der Waals surface area (Å²) < 4.78 is 4.32. The van der Waals surface area contributed by atoms with Crippen molar-refractivity contribution in [1.29, 1.82) is 0 Å². The van der Waals surface area contributed by atoms with Crippen molar-refractivity contribution >= 4 is 17.7 Å².